The molecule has 2 aliphatic rings. The average Bonchev–Trinajstić information content (AvgIpc) is 3.15. The quantitative estimate of drug-likeness (QED) is 0.554. The van der Waals surface area contributed by atoms with Gasteiger partial charge in [-0.25, -0.2) is 0 Å². The molecule has 1 aliphatic carbocycles. The van der Waals surface area contributed by atoms with Crippen molar-refractivity contribution in [3.8, 4) is 17.0 Å². The van der Waals surface area contributed by atoms with Crippen molar-refractivity contribution in [1.82, 2.24) is 15.2 Å². The van der Waals surface area contributed by atoms with Crippen LogP contribution >= 0.6 is 0 Å². The molecule has 1 saturated heterocycles. The third kappa shape index (κ3) is 4.01. The van der Waals surface area contributed by atoms with E-state index in [1.54, 1.807) is 6.07 Å². The Kier molecular flexibility index (Phi) is 5.43. The molecule has 2 heterocycles. The van der Waals surface area contributed by atoms with Gasteiger partial charge in [0.25, 0.3) is 0 Å². The second-order valence-corrected chi connectivity index (χ2v) is 10.0. The van der Waals surface area contributed by atoms with E-state index in [-0.39, 0.29) is 23.7 Å². The lowest BCUT2D eigenvalue weighted by Crippen LogP contribution is -2.35. The topological polar surface area (TPSA) is 48.4 Å². The first-order valence-electron chi connectivity index (χ1n) is 11.5. The van der Waals surface area contributed by atoms with Crippen LogP contribution in [-0.4, -0.2) is 34.1 Å². The summed E-state index contributed by atoms with van der Waals surface area (Å²) in [6.07, 6.45) is 8.41. The normalized spacial score (nSPS) is 22.8. The number of benzene rings is 2. The van der Waals surface area contributed by atoms with Crippen LogP contribution < -0.4 is 5.32 Å². The molecule has 0 spiro atoms. The first-order chi connectivity index (χ1) is 15.8. The van der Waals surface area contributed by atoms with Crippen LogP contribution in [0.5, 0.6) is 5.75 Å². The maximum Gasteiger partial charge on any atom is 0.121 e. The number of para-hydroxylation sites is 1. The number of phenolic OH excluding ortho intramolecular Hbond substituents is 1. The van der Waals surface area contributed by atoms with Gasteiger partial charge in [-0.1, -0.05) is 69.3 Å². The molecular formula is C29H31N3O. The average molecular weight is 438 g/mol. The molecule has 4 heteroatoms. The van der Waals surface area contributed by atoms with E-state index < -0.39 is 0 Å². The predicted molar refractivity (Wildman–Crippen MR) is 135 cm³/mol. The molecule has 4 nitrogen and oxygen atoms in total. The van der Waals surface area contributed by atoms with Crippen LogP contribution in [0.2, 0.25) is 0 Å². The van der Waals surface area contributed by atoms with Crippen LogP contribution in [0.15, 0.2) is 85.1 Å². The first-order valence-corrected chi connectivity index (χ1v) is 11.5. The number of aromatic nitrogens is 1. The number of fused-ring (bicyclic) bond motifs is 1. The largest absolute Gasteiger partial charge is 0.508 e. The van der Waals surface area contributed by atoms with Crippen LogP contribution in [0.4, 0.5) is 0 Å². The summed E-state index contributed by atoms with van der Waals surface area (Å²) in [5, 5.41) is 14.3. The van der Waals surface area contributed by atoms with Crippen molar-refractivity contribution in [3.63, 3.8) is 0 Å². The molecule has 2 N–H and O–H groups in total. The van der Waals surface area contributed by atoms with Gasteiger partial charge in [0.05, 0.1) is 17.9 Å². The van der Waals surface area contributed by atoms with Crippen molar-refractivity contribution in [2.24, 2.45) is 0 Å². The standard InChI is InChI=1S/C29H31N3O/c1-29(2,3)21-17-19(16-20(18-21)24-12-7-8-15-30-24)22-11-9-13-25-27(22)31-28(32(25)4)23-10-5-6-14-26(23)33/h5-18,25,27-28,31,33H,1-4H3. The lowest BCUT2D eigenvalue weighted by Gasteiger charge is -2.28. The summed E-state index contributed by atoms with van der Waals surface area (Å²) in [4.78, 5) is 6.92. The number of nitrogens with zero attached hydrogens (tertiary/aromatic N) is 2. The Hall–Kier alpha value is -3.21. The maximum absolute atomic E-state index is 10.5. The Labute approximate surface area is 196 Å². The predicted octanol–water partition coefficient (Wildman–Crippen LogP) is 5.68. The van der Waals surface area contributed by atoms with Gasteiger partial charge in [0, 0.05) is 23.4 Å². The highest BCUT2D eigenvalue weighted by Crippen LogP contribution is 2.40. The number of allylic oxidation sites excluding steroid dienone is 2. The Bertz CT molecular complexity index is 1220. The lowest BCUT2D eigenvalue weighted by molar-refractivity contribution is 0.259. The summed E-state index contributed by atoms with van der Waals surface area (Å²) in [6, 6.07) is 20.8. The zero-order chi connectivity index (χ0) is 23.2. The molecule has 1 aliphatic heterocycles. The Balaban J connectivity index is 1.57. The van der Waals surface area contributed by atoms with Crippen LogP contribution in [-0.2, 0) is 5.41 Å². The second kappa shape index (κ2) is 8.29. The molecule has 3 aromatic rings. The van der Waals surface area contributed by atoms with Crippen LogP contribution in [0.3, 0.4) is 0 Å². The fourth-order valence-electron chi connectivity index (χ4n) is 4.90. The number of likely N-dealkylation sites (N-methyl/N-ethyl adjacent to an activating group) is 1. The van der Waals surface area contributed by atoms with Gasteiger partial charge in [-0.05, 0) is 59.5 Å². The molecule has 0 amide bonds. The zero-order valence-electron chi connectivity index (χ0n) is 19.7. The fourth-order valence-corrected chi connectivity index (χ4v) is 4.90. The van der Waals surface area contributed by atoms with Crippen molar-refractivity contribution in [2.75, 3.05) is 7.05 Å². The van der Waals surface area contributed by atoms with E-state index in [0.717, 1.165) is 16.8 Å². The van der Waals surface area contributed by atoms with E-state index in [1.165, 1.54) is 16.7 Å². The minimum atomic E-state index is -0.0617. The molecule has 5 rings (SSSR count). The minimum absolute atomic E-state index is 0.0161. The van der Waals surface area contributed by atoms with E-state index in [9.17, 15) is 5.11 Å². The Morgan fingerprint density at radius 3 is 2.45 bits per heavy atom. The minimum Gasteiger partial charge on any atom is -0.508 e. The van der Waals surface area contributed by atoms with Gasteiger partial charge >= 0.3 is 0 Å². The number of phenols is 1. The first kappa shape index (κ1) is 21.6. The van der Waals surface area contributed by atoms with Crippen LogP contribution in [0.25, 0.3) is 16.8 Å². The zero-order valence-corrected chi connectivity index (χ0v) is 19.7. The fraction of sp³-hybridized carbons (Fsp3) is 0.276. The van der Waals surface area contributed by atoms with E-state index in [2.05, 4.69) is 85.5 Å². The molecule has 0 radical (unpaired) electrons. The number of hydrogen-bond acceptors (Lipinski definition) is 4. The molecule has 1 fully saturated rings. The van der Waals surface area contributed by atoms with E-state index in [4.69, 9.17) is 0 Å². The molecule has 3 unspecified atom stereocenters. The van der Waals surface area contributed by atoms with Gasteiger partial charge < -0.3 is 5.11 Å². The molecule has 168 valence electrons. The van der Waals surface area contributed by atoms with E-state index in [1.807, 2.05) is 36.5 Å². The highest BCUT2D eigenvalue weighted by Gasteiger charge is 2.41. The number of hydrogen-bond donors (Lipinski definition) is 2. The van der Waals surface area contributed by atoms with Crippen molar-refractivity contribution < 1.29 is 5.11 Å². The molecule has 1 aromatic heterocycles. The summed E-state index contributed by atoms with van der Waals surface area (Å²) in [6.45, 7) is 6.76. The van der Waals surface area contributed by atoms with Crippen molar-refractivity contribution >= 4 is 5.57 Å². The third-order valence-electron chi connectivity index (χ3n) is 6.80. The molecule has 0 bridgehead atoms. The summed E-state index contributed by atoms with van der Waals surface area (Å²) < 4.78 is 0. The van der Waals surface area contributed by atoms with E-state index >= 15 is 0 Å². The molecule has 3 atom stereocenters. The van der Waals surface area contributed by atoms with Gasteiger partial charge in [-0.2, -0.15) is 0 Å². The molecule has 2 aromatic carbocycles. The number of aromatic hydroxyl groups is 1. The number of rotatable bonds is 3. The molecule has 33 heavy (non-hydrogen) atoms. The van der Waals surface area contributed by atoms with Gasteiger partial charge in [-0.15, -0.1) is 0 Å². The number of pyridine rings is 1. The monoisotopic (exact) mass is 437 g/mol. The van der Waals surface area contributed by atoms with Crippen molar-refractivity contribution in [1.29, 1.82) is 0 Å². The lowest BCUT2D eigenvalue weighted by atomic mass is 9.81. The maximum atomic E-state index is 10.5. The summed E-state index contributed by atoms with van der Waals surface area (Å²) in [7, 11) is 2.12. The summed E-state index contributed by atoms with van der Waals surface area (Å²) in [5.41, 5.74) is 6.79. The third-order valence-corrected chi connectivity index (χ3v) is 6.80. The van der Waals surface area contributed by atoms with Gasteiger partial charge in [-0.3, -0.25) is 15.2 Å². The summed E-state index contributed by atoms with van der Waals surface area (Å²) >= 11 is 0. The summed E-state index contributed by atoms with van der Waals surface area (Å²) in [5.74, 6) is 0.321. The Morgan fingerprint density at radius 1 is 0.970 bits per heavy atom. The Morgan fingerprint density at radius 2 is 1.73 bits per heavy atom. The highest BCUT2D eigenvalue weighted by molar-refractivity contribution is 5.78. The van der Waals surface area contributed by atoms with Crippen molar-refractivity contribution in [3.05, 3.63) is 102 Å². The highest BCUT2D eigenvalue weighted by atomic mass is 16.3. The van der Waals surface area contributed by atoms with Gasteiger partial charge in [0.2, 0.25) is 0 Å². The SMILES string of the molecule is CN1C(c2ccccc2O)NC2C(c3cc(-c4ccccn4)cc(C(C)(C)C)c3)=CC=CC21. The molecular weight excluding hydrogens is 406 g/mol. The van der Waals surface area contributed by atoms with Gasteiger partial charge in [0.15, 0.2) is 0 Å². The van der Waals surface area contributed by atoms with Crippen LogP contribution in [0, 0.1) is 0 Å². The van der Waals surface area contributed by atoms with Crippen LogP contribution in [0.1, 0.15) is 43.6 Å². The van der Waals surface area contributed by atoms with Crippen molar-refractivity contribution in [2.45, 2.75) is 44.4 Å². The number of nitrogens with one attached hydrogen (secondary N) is 1. The van der Waals surface area contributed by atoms with Gasteiger partial charge in [0.1, 0.15) is 5.75 Å². The smallest absolute Gasteiger partial charge is 0.121 e. The molecule has 0 saturated carbocycles. The van der Waals surface area contributed by atoms with E-state index in [0.29, 0.717) is 5.75 Å². The second-order valence-electron chi connectivity index (χ2n) is 10.0.